The van der Waals surface area contributed by atoms with Gasteiger partial charge in [-0.1, -0.05) is 46.8 Å². The molecule has 0 bridgehead atoms. The zero-order valence-electron chi connectivity index (χ0n) is 7.35. The van der Waals surface area contributed by atoms with E-state index in [9.17, 15) is 0 Å². The first-order valence-corrected chi connectivity index (χ1v) is 9.24. The summed E-state index contributed by atoms with van der Waals surface area (Å²) >= 11 is 1.67. The summed E-state index contributed by atoms with van der Waals surface area (Å²) in [5.74, 6) is 2.22. The van der Waals surface area contributed by atoms with E-state index < -0.39 is 0 Å². The van der Waals surface area contributed by atoms with Crippen LogP contribution in [0, 0.1) is 0 Å². The third-order valence-electron chi connectivity index (χ3n) is 0.884. The molecule has 7 heteroatoms. The fraction of sp³-hybridized carbons (Fsp3) is 0.667. The summed E-state index contributed by atoms with van der Waals surface area (Å²) in [6.45, 7) is 4.28. The second-order valence-electron chi connectivity index (χ2n) is 1.81. The van der Waals surface area contributed by atoms with Crippen molar-refractivity contribution in [3.05, 3.63) is 0 Å². The average molecular weight is 270 g/mol. The van der Waals surface area contributed by atoms with Crippen molar-refractivity contribution >= 4 is 54.5 Å². The maximum atomic E-state index is 4.08. The fourth-order valence-electron chi connectivity index (χ4n) is 0.483. The molecule has 1 aromatic heterocycles. The van der Waals surface area contributed by atoms with Gasteiger partial charge < -0.3 is 0 Å². The van der Waals surface area contributed by atoms with E-state index in [1.165, 1.54) is 0 Å². The lowest BCUT2D eigenvalue weighted by Gasteiger charge is -1.89. The van der Waals surface area contributed by atoms with E-state index in [0.29, 0.717) is 0 Å². The molecule has 1 rings (SSSR count). The van der Waals surface area contributed by atoms with Gasteiger partial charge in [0.25, 0.3) is 0 Å². The quantitative estimate of drug-likeness (QED) is 0.723. The average Bonchev–Trinajstić information content (AvgIpc) is 2.59. The molecule has 0 spiro atoms. The summed E-state index contributed by atoms with van der Waals surface area (Å²) in [6.07, 6.45) is 0. The van der Waals surface area contributed by atoms with Crippen LogP contribution in [0.3, 0.4) is 0 Å². The Bertz CT molecular complexity index is 216. The Morgan fingerprint density at radius 3 is 1.85 bits per heavy atom. The highest BCUT2D eigenvalue weighted by Crippen LogP contribution is 2.38. The van der Waals surface area contributed by atoms with E-state index in [-0.39, 0.29) is 0 Å². The van der Waals surface area contributed by atoms with Gasteiger partial charge in [-0.3, -0.25) is 0 Å². The van der Waals surface area contributed by atoms with Crippen molar-refractivity contribution in [2.24, 2.45) is 0 Å². The number of aromatic nitrogens is 2. The van der Waals surface area contributed by atoms with Gasteiger partial charge in [-0.05, 0) is 21.6 Å². The van der Waals surface area contributed by atoms with Crippen LogP contribution in [0.15, 0.2) is 8.68 Å². The van der Waals surface area contributed by atoms with Crippen molar-refractivity contribution in [1.82, 2.24) is 10.2 Å². The van der Waals surface area contributed by atoms with Crippen molar-refractivity contribution in [3.8, 4) is 0 Å². The van der Waals surface area contributed by atoms with Crippen molar-refractivity contribution in [1.29, 1.82) is 0 Å². The number of rotatable bonds is 6. The number of hydrogen-bond acceptors (Lipinski definition) is 7. The molecular weight excluding hydrogens is 260 g/mol. The minimum Gasteiger partial charge on any atom is -0.130 e. The molecule has 0 radical (unpaired) electrons. The van der Waals surface area contributed by atoms with Crippen LogP contribution in [0.1, 0.15) is 13.8 Å². The first-order valence-electron chi connectivity index (χ1n) is 3.79. The van der Waals surface area contributed by atoms with Gasteiger partial charge in [-0.2, -0.15) is 0 Å². The Morgan fingerprint density at radius 1 is 1.00 bits per heavy atom. The monoisotopic (exact) mass is 270 g/mol. The molecule has 0 N–H and O–H groups in total. The molecule has 1 aromatic rings. The highest BCUT2D eigenvalue weighted by Gasteiger charge is 2.04. The number of hydrogen-bond donors (Lipinski definition) is 0. The van der Waals surface area contributed by atoms with Crippen molar-refractivity contribution in [2.75, 3.05) is 11.5 Å². The van der Waals surface area contributed by atoms with Gasteiger partial charge in [0, 0.05) is 11.5 Å². The van der Waals surface area contributed by atoms with E-state index in [1.54, 1.807) is 54.5 Å². The highest BCUT2D eigenvalue weighted by molar-refractivity contribution is 8.77. The summed E-state index contributed by atoms with van der Waals surface area (Å²) in [4.78, 5) is 0. The van der Waals surface area contributed by atoms with Crippen LogP contribution >= 0.6 is 54.5 Å². The second-order valence-corrected chi connectivity index (χ2v) is 8.46. The summed E-state index contributed by atoms with van der Waals surface area (Å²) in [5, 5.41) is 8.17. The molecule has 0 aliphatic rings. The highest BCUT2D eigenvalue weighted by atomic mass is 33.1. The Labute approximate surface area is 98.2 Å². The Hall–Kier alpha value is 0.960. The molecule has 74 valence electrons. The van der Waals surface area contributed by atoms with E-state index in [4.69, 9.17) is 0 Å². The van der Waals surface area contributed by atoms with Gasteiger partial charge in [0.2, 0.25) is 0 Å². The van der Waals surface area contributed by atoms with Gasteiger partial charge in [-0.25, -0.2) is 0 Å². The molecular formula is C6H10N2S5. The SMILES string of the molecule is CCSSc1nnc(SSCC)s1. The molecule has 2 nitrogen and oxygen atoms in total. The van der Waals surface area contributed by atoms with Crippen LogP contribution in [0.2, 0.25) is 0 Å². The molecule has 0 aromatic carbocycles. The second kappa shape index (κ2) is 7.28. The minimum atomic E-state index is 1.06. The lowest BCUT2D eigenvalue weighted by Crippen LogP contribution is -1.68. The molecule has 0 aliphatic heterocycles. The van der Waals surface area contributed by atoms with E-state index in [0.717, 1.165) is 20.2 Å². The third kappa shape index (κ3) is 4.83. The van der Waals surface area contributed by atoms with Crippen LogP contribution in [0.25, 0.3) is 0 Å². The molecule has 0 aliphatic carbocycles. The fourth-order valence-corrected chi connectivity index (χ4v) is 5.28. The van der Waals surface area contributed by atoms with E-state index >= 15 is 0 Å². The Morgan fingerprint density at radius 2 is 1.46 bits per heavy atom. The predicted octanol–water partition coefficient (Wildman–Crippen LogP) is 4.06. The molecule has 0 saturated carbocycles. The Kier molecular flexibility index (Phi) is 6.74. The summed E-state index contributed by atoms with van der Waals surface area (Å²) < 4.78 is 2.12. The molecule has 0 atom stereocenters. The van der Waals surface area contributed by atoms with Crippen molar-refractivity contribution in [2.45, 2.75) is 22.5 Å². The first kappa shape index (κ1) is 12.0. The topological polar surface area (TPSA) is 25.8 Å². The first-order chi connectivity index (χ1) is 6.36. The normalized spacial score (nSPS) is 10.6. The zero-order valence-corrected chi connectivity index (χ0v) is 11.4. The molecule has 0 amide bonds. The lowest BCUT2D eigenvalue weighted by atomic mass is 11.0. The largest absolute Gasteiger partial charge is 0.185 e. The van der Waals surface area contributed by atoms with Gasteiger partial charge in [0.1, 0.15) is 0 Å². The molecule has 0 fully saturated rings. The minimum absolute atomic E-state index is 1.06. The maximum absolute atomic E-state index is 4.08. The van der Waals surface area contributed by atoms with Crippen LogP contribution in [-0.4, -0.2) is 21.7 Å². The molecule has 0 saturated heterocycles. The summed E-state index contributed by atoms with van der Waals surface area (Å²) in [5.41, 5.74) is 0. The van der Waals surface area contributed by atoms with Crippen molar-refractivity contribution < 1.29 is 0 Å². The summed E-state index contributed by atoms with van der Waals surface area (Å²) in [6, 6.07) is 0. The van der Waals surface area contributed by atoms with Gasteiger partial charge in [-0.15, -0.1) is 10.2 Å². The third-order valence-corrected chi connectivity index (χ3v) is 7.25. The molecule has 13 heavy (non-hydrogen) atoms. The van der Waals surface area contributed by atoms with Gasteiger partial charge in [0.05, 0.1) is 0 Å². The Balaban J connectivity index is 2.34. The van der Waals surface area contributed by atoms with Crippen LogP contribution in [0.5, 0.6) is 0 Å². The van der Waals surface area contributed by atoms with Crippen LogP contribution < -0.4 is 0 Å². The van der Waals surface area contributed by atoms with E-state index in [1.807, 2.05) is 0 Å². The molecule has 1 heterocycles. The van der Waals surface area contributed by atoms with Crippen molar-refractivity contribution in [3.63, 3.8) is 0 Å². The standard InChI is InChI=1S/C6H10N2S5/c1-3-9-12-5-7-8-6(11-5)13-10-4-2/h3-4H2,1-2H3. The van der Waals surface area contributed by atoms with Crippen LogP contribution in [0.4, 0.5) is 0 Å². The smallest absolute Gasteiger partial charge is 0.130 e. The predicted molar refractivity (Wildman–Crippen MR) is 67.9 cm³/mol. The van der Waals surface area contributed by atoms with Gasteiger partial charge >= 0.3 is 0 Å². The van der Waals surface area contributed by atoms with E-state index in [2.05, 4.69) is 24.0 Å². The van der Waals surface area contributed by atoms with Gasteiger partial charge in [0.15, 0.2) is 8.68 Å². The number of nitrogens with zero attached hydrogens (tertiary/aromatic N) is 2. The lowest BCUT2D eigenvalue weighted by molar-refractivity contribution is 0.959. The zero-order chi connectivity index (χ0) is 9.52. The summed E-state index contributed by atoms with van der Waals surface area (Å²) in [7, 11) is 7.04. The maximum Gasteiger partial charge on any atom is 0.185 e. The molecule has 0 unspecified atom stereocenters. The van der Waals surface area contributed by atoms with Crippen LogP contribution in [-0.2, 0) is 0 Å².